The number of nitrogens with zero attached hydrogens (tertiary/aromatic N) is 1. The van der Waals surface area contributed by atoms with Crippen molar-refractivity contribution in [2.24, 2.45) is 0 Å². The fourth-order valence-corrected chi connectivity index (χ4v) is 2.18. The third-order valence-electron chi connectivity index (χ3n) is 3.54. The first kappa shape index (κ1) is 17.1. The highest BCUT2D eigenvalue weighted by Crippen LogP contribution is 2.29. The van der Waals surface area contributed by atoms with Crippen molar-refractivity contribution in [2.75, 3.05) is 6.54 Å². The maximum Gasteiger partial charge on any atom is 0.416 e. The van der Waals surface area contributed by atoms with Crippen LogP contribution in [-0.2, 0) is 23.8 Å². The highest BCUT2D eigenvalue weighted by Gasteiger charge is 2.29. The van der Waals surface area contributed by atoms with Crippen LogP contribution in [0.1, 0.15) is 28.1 Å². The number of carbonyl (C=O) groups excluding carboxylic acids is 1. The molecule has 0 aliphatic carbocycles. The standard InChI is InChI=1S/C16H17F3N2O2/c1-10-14(11(2)23-21-10)9-15(22)20-8-7-12-3-5-13(6-4-12)16(17,18)19/h3-6H,7-9H2,1-2H3,(H,20,22). The van der Waals surface area contributed by atoms with Crippen molar-refractivity contribution < 1.29 is 22.5 Å². The number of hydrogen-bond donors (Lipinski definition) is 1. The molecule has 4 nitrogen and oxygen atoms in total. The van der Waals surface area contributed by atoms with Gasteiger partial charge in [0.2, 0.25) is 5.91 Å². The normalized spacial score (nSPS) is 11.5. The Hall–Kier alpha value is -2.31. The summed E-state index contributed by atoms with van der Waals surface area (Å²) in [4.78, 5) is 11.9. The van der Waals surface area contributed by atoms with Gasteiger partial charge in [-0.2, -0.15) is 13.2 Å². The minimum Gasteiger partial charge on any atom is -0.361 e. The molecule has 0 aliphatic heterocycles. The van der Waals surface area contributed by atoms with Gasteiger partial charge in [0.05, 0.1) is 17.7 Å². The molecule has 1 aromatic heterocycles. The first-order valence-corrected chi connectivity index (χ1v) is 7.12. The molecule has 7 heteroatoms. The smallest absolute Gasteiger partial charge is 0.361 e. The van der Waals surface area contributed by atoms with Crippen LogP contribution in [0.4, 0.5) is 13.2 Å². The predicted molar refractivity (Wildman–Crippen MR) is 77.8 cm³/mol. The van der Waals surface area contributed by atoms with Gasteiger partial charge in [-0.3, -0.25) is 4.79 Å². The van der Waals surface area contributed by atoms with E-state index in [0.717, 1.165) is 23.3 Å². The van der Waals surface area contributed by atoms with Crippen LogP contribution in [0.5, 0.6) is 0 Å². The number of nitrogens with one attached hydrogen (secondary N) is 1. The van der Waals surface area contributed by atoms with Gasteiger partial charge < -0.3 is 9.84 Å². The largest absolute Gasteiger partial charge is 0.416 e. The Kier molecular flexibility index (Phi) is 5.08. The second-order valence-electron chi connectivity index (χ2n) is 5.27. The monoisotopic (exact) mass is 326 g/mol. The van der Waals surface area contributed by atoms with Crippen LogP contribution in [-0.4, -0.2) is 17.6 Å². The first-order chi connectivity index (χ1) is 10.8. The highest BCUT2D eigenvalue weighted by molar-refractivity contribution is 5.78. The van der Waals surface area contributed by atoms with E-state index < -0.39 is 11.7 Å². The molecule has 0 saturated carbocycles. The van der Waals surface area contributed by atoms with Gasteiger partial charge in [-0.05, 0) is 38.0 Å². The lowest BCUT2D eigenvalue weighted by Crippen LogP contribution is -2.27. The molecule has 0 radical (unpaired) electrons. The van der Waals surface area contributed by atoms with Crippen molar-refractivity contribution in [1.29, 1.82) is 0 Å². The Morgan fingerprint density at radius 3 is 2.39 bits per heavy atom. The summed E-state index contributed by atoms with van der Waals surface area (Å²) >= 11 is 0. The Morgan fingerprint density at radius 1 is 1.22 bits per heavy atom. The number of hydrogen-bond acceptors (Lipinski definition) is 3. The summed E-state index contributed by atoms with van der Waals surface area (Å²) in [5, 5.41) is 6.52. The molecule has 23 heavy (non-hydrogen) atoms. The molecule has 1 heterocycles. The molecule has 0 spiro atoms. The van der Waals surface area contributed by atoms with Crippen LogP contribution >= 0.6 is 0 Å². The quantitative estimate of drug-likeness (QED) is 0.918. The second kappa shape index (κ2) is 6.85. The van der Waals surface area contributed by atoms with E-state index in [9.17, 15) is 18.0 Å². The molecule has 1 N–H and O–H groups in total. The van der Waals surface area contributed by atoms with Crippen LogP contribution in [0.3, 0.4) is 0 Å². The lowest BCUT2D eigenvalue weighted by molar-refractivity contribution is -0.137. The van der Waals surface area contributed by atoms with Crippen LogP contribution < -0.4 is 5.32 Å². The van der Waals surface area contributed by atoms with Gasteiger partial charge in [0.15, 0.2) is 0 Å². The van der Waals surface area contributed by atoms with Crippen molar-refractivity contribution >= 4 is 5.91 Å². The van der Waals surface area contributed by atoms with Crippen molar-refractivity contribution in [1.82, 2.24) is 10.5 Å². The van der Waals surface area contributed by atoms with Gasteiger partial charge in [0.1, 0.15) is 5.76 Å². The Bertz CT molecular complexity index is 656. The molecule has 1 amide bonds. The Balaban J connectivity index is 1.82. The maximum atomic E-state index is 12.5. The lowest BCUT2D eigenvalue weighted by Gasteiger charge is -2.08. The highest BCUT2D eigenvalue weighted by atomic mass is 19.4. The zero-order chi connectivity index (χ0) is 17.0. The number of alkyl halides is 3. The number of amides is 1. The van der Waals surface area contributed by atoms with E-state index in [1.165, 1.54) is 12.1 Å². The van der Waals surface area contributed by atoms with E-state index in [4.69, 9.17) is 4.52 Å². The molecule has 124 valence electrons. The summed E-state index contributed by atoms with van der Waals surface area (Å²) in [5.41, 5.74) is 1.50. The zero-order valence-electron chi connectivity index (χ0n) is 12.8. The molecule has 2 rings (SSSR count). The molecular formula is C16H17F3N2O2. The van der Waals surface area contributed by atoms with Crippen molar-refractivity contribution in [3.63, 3.8) is 0 Å². The van der Waals surface area contributed by atoms with Crippen LogP contribution in [0.15, 0.2) is 28.8 Å². The van der Waals surface area contributed by atoms with Gasteiger partial charge in [-0.25, -0.2) is 0 Å². The third kappa shape index (κ3) is 4.58. The van der Waals surface area contributed by atoms with E-state index in [0.29, 0.717) is 24.4 Å². The van der Waals surface area contributed by atoms with E-state index in [-0.39, 0.29) is 12.3 Å². The molecule has 0 atom stereocenters. The lowest BCUT2D eigenvalue weighted by atomic mass is 10.1. The summed E-state index contributed by atoms with van der Waals surface area (Å²) in [6.45, 7) is 3.86. The topological polar surface area (TPSA) is 55.1 Å². The number of aromatic nitrogens is 1. The van der Waals surface area contributed by atoms with Crippen LogP contribution in [0, 0.1) is 13.8 Å². The summed E-state index contributed by atoms with van der Waals surface area (Å²) in [6.07, 6.45) is -3.69. The fourth-order valence-electron chi connectivity index (χ4n) is 2.18. The molecule has 1 aromatic carbocycles. The molecular weight excluding hydrogens is 309 g/mol. The van der Waals surface area contributed by atoms with E-state index in [1.54, 1.807) is 13.8 Å². The second-order valence-corrected chi connectivity index (χ2v) is 5.27. The Labute approximate surface area is 131 Å². The first-order valence-electron chi connectivity index (χ1n) is 7.12. The SMILES string of the molecule is Cc1noc(C)c1CC(=O)NCCc1ccc(C(F)(F)F)cc1. The zero-order valence-corrected chi connectivity index (χ0v) is 12.8. The molecule has 0 aliphatic rings. The Morgan fingerprint density at radius 2 is 1.87 bits per heavy atom. The average Bonchev–Trinajstić information content (AvgIpc) is 2.79. The number of benzene rings is 1. The van der Waals surface area contributed by atoms with Crippen molar-refractivity contribution in [2.45, 2.75) is 32.9 Å². The van der Waals surface area contributed by atoms with Gasteiger partial charge >= 0.3 is 6.18 Å². The summed E-state index contributed by atoms with van der Waals surface area (Å²) in [6, 6.07) is 4.93. The van der Waals surface area contributed by atoms with Gasteiger partial charge in [-0.15, -0.1) is 0 Å². The molecule has 2 aromatic rings. The predicted octanol–water partition coefficient (Wildman–Crippen LogP) is 3.21. The fraction of sp³-hybridized carbons (Fsp3) is 0.375. The van der Waals surface area contributed by atoms with E-state index in [1.807, 2.05) is 0 Å². The molecule has 0 unspecified atom stereocenters. The number of halogens is 3. The van der Waals surface area contributed by atoms with E-state index >= 15 is 0 Å². The summed E-state index contributed by atoms with van der Waals surface area (Å²) < 4.78 is 42.3. The third-order valence-corrected chi connectivity index (χ3v) is 3.54. The summed E-state index contributed by atoms with van der Waals surface area (Å²) in [5.74, 6) is 0.437. The minimum absolute atomic E-state index is 0.175. The summed E-state index contributed by atoms with van der Waals surface area (Å²) in [7, 11) is 0. The minimum atomic E-state index is -4.33. The van der Waals surface area contributed by atoms with Gasteiger partial charge in [-0.1, -0.05) is 17.3 Å². The number of rotatable bonds is 5. The molecule has 0 bridgehead atoms. The van der Waals surface area contributed by atoms with Crippen molar-refractivity contribution in [3.05, 3.63) is 52.4 Å². The van der Waals surface area contributed by atoms with Crippen LogP contribution in [0.25, 0.3) is 0 Å². The van der Waals surface area contributed by atoms with E-state index in [2.05, 4.69) is 10.5 Å². The molecule has 0 saturated heterocycles. The number of carbonyl (C=O) groups is 1. The van der Waals surface area contributed by atoms with Gasteiger partial charge in [0.25, 0.3) is 0 Å². The average molecular weight is 326 g/mol. The molecule has 0 fully saturated rings. The number of aryl methyl sites for hydroxylation is 2. The maximum absolute atomic E-state index is 12.5. The van der Waals surface area contributed by atoms with Crippen LogP contribution in [0.2, 0.25) is 0 Å². The van der Waals surface area contributed by atoms with Crippen molar-refractivity contribution in [3.8, 4) is 0 Å². The van der Waals surface area contributed by atoms with Gasteiger partial charge in [0, 0.05) is 12.1 Å².